The molecule has 0 saturated carbocycles. The van der Waals surface area contributed by atoms with Crippen LogP contribution in [0.3, 0.4) is 0 Å². The first-order valence-corrected chi connectivity index (χ1v) is 10.8. The molecule has 1 N–H and O–H groups in total. The van der Waals surface area contributed by atoms with E-state index in [1.54, 1.807) is 56.3 Å². The van der Waals surface area contributed by atoms with Crippen molar-refractivity contribution in [3.05, 3.63) is 84.2 Å². The maximum Gasteiger partial charge on any atom is 0.282 e. The SMILES string of the molecule is CC(=NSOOc1ccccc1)c1ccc(/C(C)=N/S(=O)(=O)c2ccccc2)[nH]1. The third kappa shape index (κ3) is 5.80. The van der Waals surface area contributed by atoms with Crippen LogP contribution in [0.1, 0.15) is 25.2 Å². The van der Waals surface area contributed by atoms with E-state index >= 15 is 0 Å². The molecule has 9 heteroatoms. The van der Waals surface area contributed by atoms with Crippen LogP contribution >= 0.6 is 12.2 Å². The molecular formula is C20H19N3O4S2. The van der Waals surface area contributed by atoms with Gasteiger partial charge in [0.1, 0.15) is 0 Å². The Kier molecular flexibility index (Phi) is 6.86. The van der Waals surface area contributed by atoms with E-state index < -0.39 is 10.0 Å². The normalized spacial score (nSPS) is 12.8. The van der Waals surface area contributed by atoms with Crippen LogP contribution in [0.2, 0.25) is 0 Å². The van der Waals surface area contributed by atoms with Gasteiger partial charge in [0.15, 0.2) is 18.0 Å². The highest BCUT2D eigenvalue weighted by atomic mass is 32.2. The first-order chi connectivity index (χ1) is 14.0. The van der Waals surface area contributed by atoms with Gasteiger partial charge in [0.25, 0.3) is 10.0 Å². The second kappa shape index (κ2) is 9.55. The first kappa shape index (κ1) is 20.8. The van der Waals surface area contributed by atoms with Crippen LogP contribution in [0, 0.1) is 0 Å². The number of nitrogens with one attached hydrogen (secondary N) is 1. The van der Waals surface area contributed by atoms with E-state index in [2.05, 4.69) is 13.8 Å². The van der Waals surface area contributed by atoms with Gasteiger partial charge in [-0.3, -0.25) is 0 Å². The number of H-pyrrole nitrogens is 1. The van der Waals surface area contributed by atoms with Gasteiger partial charge in [-0.2, -0.15) is 17.2 Å². The predicted octanol–water partition coefficient (Wildman–Crippen LogP) is 4.60. The van der Waals surface area contributed by atoms with Crippen LogP contribution in [0.4, 0.5) is 0 Å². The molecule has 0 aliphatic rings. The summed E-state index contributed by atoms with van der Waals surface area (Å²) in [6.45, 7) is 3.43. The molecule has 7 nitrogen and oxygen atoms in total. The van der Waals surface area contributed by atoms with Crippen LogP contribution < -0.4 is 4.89 Å². The Morgan fingerprint density at radius 1 is 0.862 bits per heavy atom. The average Bonchev–Trinajstić information content (AvgIpc) is 3.23. The lowest BCUT2D eigenvalue weighted by Gasteiger charge is -2.02. The minimum atomic E-state index is -3.77. The third-order valence-corrected chi connectivity index (χ3v) is 5.70. The van der Waals surface area contributed by atoms with Crippen molar-refractivity contribution in [2.75, 3.05) is 0 Å². The van der Waals surface area contributed by atoms with E-state index in [0.717, 1.165) is 12.2 Å². The summed E-state index contributed by atoms with van der Waals surface area (Å²) in [6, 6.07) is 20.7. The zero-order valence-electron chi connectivity index (χ0n) is 15.8. The summed E-state index contributed by atoms with van der Waals surface area (Å²) in [5.74, 6) is 0.571. The first-order valence-electron chi connectivity index (χ1n) is 8.62. The molecular weight excluding hydrogens is 410 g/mol. The summed E-state index contributed by atoms with van der Waals surface area (Å²) >= 11 is 0.796. The lowest BCUT2D eigenvalue weighted by molar-refractivity contribution is -0.0776. The Bertz CT molecular complexity index is 1110. The second-order valence-electron chi connectivity index (χ2n) is 5.97. The van der Waals surface area contributed by atoms with Crippen molar-refractivity contribution in [3.63, 3.8) is 0 Å². The summed E-state index contributed by atoms with van der Waals surface area (Å²) in [7, 11) is -3.77. The molecule has 0 unspecified atom stereocenters. The maximum atomic E-state index is 12.4. The van der Waals surface area contributed by atoms with E-state index in [4.69, 9.17) is 9.22 Å². The fourth-order valence-corrected chi connectivity index (χ4v) is 3.76. The zero-order chi connectivity index (χ0) is 20.7. The van der Waals surface area contributed by atoms with Gasteiger partial charge in [0, 0.05) is 0 Å². The number of aromatic amines is 1. The van der Waals surface area contributed by atoms with Gasteiger partial charge >= 0.3 is 0 Å². The van der Waals surface area contributed by atoms with Crippen molar-refractivity contribution in [1.82, 2.24) is 4.98 Å². The highest BCUT2D eigenvalue weighted by Gasteiger charge is 2.14. The number of hydrogen-bond acceptors (Lipinski definition) is 6. The monoisotopic (exact) mass is 429 g/mol. The Morgan fingerprint density at radius 3 is 2.10 bits per heavy atom. The molecule has 0 aliphatic carbocycles. The summed E-state index contributed by atoms with van der Waals surface area (Å²) < 4.78 is 37.9. The van der Waals surface area contributed by atoms with Crippen molar-refractivity contribution in [3.8, 4) is 5.75 Å². The Labute approximate surface area is 173 Å². The Balaban J connectivity index is 1.64. The molecule has 0 amide bonds. The number of rotatable bonds is 8. The number of hydrogen-bond donors (Lipinski definition) is 1. The van der Waals surface area contributed by atoms with E-state index in [0.29, 0.717) is 28.6 Å². The van der Waals surface area contributed by atoms with Crippen LogP contribution in [0.15, 0.2) is 86.5 Å². The molecule has 0 atom stereocenters. The minimum absolute atomic E-state index is 0.149. The molecule has 150 valence electrons. The van der Waals surface area contributed by atoms with E-state index in [-0.39, 0.29) is 4.90 Å². The molecule has 0 fully saturated rings. The lowest BCUT2D eigenvalue weighted by atomic mass is 10.3. The van der Waals surface area contributed by atoms with Crippen molar-refractivity contribution in [2.45, 2.75) is 18.7 Å². The van der Waals surface area contributed by atoms with Gasteiger partial charge < -0.3 is 9.87 Å². The highest BCUT2D eigenvalue weighted by molar-refractivity contribution is 7.93. The minimum Gasteiger partial charge on any atom is -0.353 e. The molecule has 0 radical (unpaired) electrons. The molecule has 1 heterocycles. The van der Waals surface area contributed by atoms with Gasteiger partial charge in [-0.15, -0.1) is 0 Å². The van der Waals surface area contributed by atoms with Crippen molar-refractivity contribution in [2.24, 2.45) is 8.80 Å². The van der Waals surface area contributed by atoms with Crippen LogP contribution in [0.5, 0.6) is 5.75 Å². The zero-order valence-corrected chi connectivity index (χ0v) is 17.4. The number of sulfonamides is 1. The van der Waals surface area contributed by atoms with Crippen molar-refractivity contribution < 1.29 is 17.6 Å². The van der Waals surface area contributed by atoms with Crippen LogP contribution in [0.25, 0.3) is 0 Å². The Morgan fingerprint density at radius 2 is 1.45 bits per heavy atom. The van der Waals surface area contributed by atoms with Gasteiger partial charge in [-0.1, -0.05) is 40.7 Å². The largest absolute Gasteiger partial charge is 0.353 e. The van der Waals surface area contributed by atoms with Crippen LogP contribution in [-0.4, -0.2) is 24.8 Å². The summed E-state index contributed by atoms with van der Waals surface area (Å²) in [6.07, 6.45) is 0. The standard InChI is InChI=1S/C20H19N3O4S2/c1-15(22-28-27-26-17-9-5-3-6-10-17)19-13-14-20(21-19)16(2)23-29(24,25)18-11-7-4-8-12-18/h3-14,21H,1-2H3/b22-15?,23-16+. The number of benzene rings is 2. The van der Waals surface area contributed by atoms with Crippen molar-refractivity contribution >= 4 is 33.7 Å². The molecule has 0 spiro atoms. The van der Waals surface area contributed by atoms with Crippen molar-refractivity contribution in [1.29, 1.82) is 0 Å². The van der Waals surface area contributed by atoms with Crippen LogP contribution in [-0.2, 0) is 14.4 Å². The lowest BCUT2D eigenvalue weighted by Crippen LogP contribution is -2.04. The number of aromatic nitrogens is 1. The predicted molar refractivity (Wildman–Crippen MR) is 115 cm³/mol. The fraction of sp³-hybridized carbons (Fsp3) is 0.100. The van der Waals surface area contributed by atoms with Gasteiger partial charge in [-0.05, 0) is 50.2 Å². The smallest absolute Gasteiger partial charge is 0.282 e. The molecule has 0 aliphatic heterocycles. The topological polar surface area (TPSA) is 93.1 Å². The molecule has 1 aromatic heterocycles. The Hall–Kier alpha value is -2.88. The second-order valence-corrected chi connectivity index (χ2v) is 8.04. The molecule has 3 aromatic rings. The van der Waals surface area contributed by atoms with E-state index in [9.17, 15) is 8.42 Å². The summed E-state index contributed by atoms with van der Waals surface area (Å²) in [4.78, 5) is 8.35. The maximum absolute atomic E-state index is 12.4. The van der Waals surface area contributed by atoms with E-state index in [1.807, 2.05) is 18.2 Å². The van der Waals surface area contributed by atoms with Gasteiger partial charge in [-0.25, -0.2) is 0 Å². The van der Waals surface area contributed by atoms with Gasteiger partial charge in [0.2, 0.25) is 0 Å². The van der Waals surface area contributed by atoms with E-state index in [1.165, 1.54) is 12.1 Å². The fourth-order valence-electron chi connectivity index (χ4n) is 2.34. The molecule has 0 bridgehead atoms. The third-order valence-electron chi connectivity index (χ3n) is 3.84. The summed E-state index contributed by atoms with van der Waals surface area (Å²) in [5.41, 5.74) is 2.30. The highest BCUT2D eigenvalue weighted by Crippen LogP contribution is 2.16. The molecule has 0 saturated heterocycles. The quantitative estimate of drug-likeness (QED) is 0.141. The number of nitrogens with zero attached hydrogens (tertiary/aromatic N) is 2. The molecule has 3 rings (SSSR count). The molecule has 2 aromatic carbocycles. The number of para-hydroxylation sites is 1. The molecule has 29 heavy (non-hydrogen) atoms. The summed E-state index contributed by atoms with van der Waals surface area (Å²) in [5, 5.41) is 0. The average molecular weight is 430 g/mol. The van der Waals surface area contributed by atoms with Gasteiger partial charge in [0.05, 0.1) is 27.7 Å².